The minimum Gasteiger partial charge on any atom is -0.349 e. The molecule has 3 rings (SSSR count). The molecular formula is C17H25N3O. The summed E-state index contributed by atoms with van der Waals surface area (Å²) < 4.78 is 0. The Morgan fingerprint density at radius 2 is 2.05 bits per heavy atom. The van der Waals surface area contributed by atoms with E-state index in [2.05, 4.69) is 28.5 Å². The molecule has 2 aliphatic heterocycles. The van der Waals surface area contributed by atoms with Crippen molar-refractivity contribution in [3.63, 3.8) is 0 Å². The van der Waals surface area contributed by atoms with Crippen LogP contribution in [-0.2, 0) is 13.1 Å². The van der Waals surface area contributed by atoms with Crippen LogP contribution in [0.3, 0.4) is 0 Å². The van der Waals surface area contributed by atoms with Gasteiger partial charge in [-0.1, -0.05) is 13.0 Å². The molecule has 2 aliphatic rings. The van der Waals surface area contributed by atoms with Gasteiger partial charge in [0.25, 0.3) is 5.91 Å². The van der Waals surface area contributed by atoms with Crippen molar-refractivity contribution in [1.29, 1.82) is 0 Å². The van der Waals surface area contributed by atoms with E-state index in [1.54, 1.807) is 0 Å². The summed E-state index contributed by atoms with van der Waals surface area (Å²) in [5.41, 5.74) is 3.38. The van der Waals surface area contributed by atoms with Crippen molar-refractivity contribution in [3.05, 3.63) is 34.9 Å². The Balaban J connectivity index is 1.55. The maximum Gasteiger partial charge on any atom is 0.251 e. The second-order valence-corrected chi connectivity index (χ2v) is 6.18. The summed E-state index contributed by atoms with van der Waals surface area (Å²) in [6.45, 7) is 7.41. The number of nitrogens with zero attached hydrogens (tertiary/aromatic N) is 1. The predicted octanol–water partition coefficient (Wildman–Crippen LogP) is 1.89. The van der Waals surface area contributed by atoms with Crippen LogP contribution in [0.2, 0.25) is 0 Å². The maximum atomic E-state index is 12.4. The molecule has 0 spiro atoms. The SMILES string of the molecule is CCCN1CCC(NC(=O)c2ccc3c(c2)CNC3)CC1. The molecule has 1 aromatic rings. The first-order chi connectivity index (χ1) is 10.3. The highest BCUT2D eigenvalue weighted by Gasteiger charge is 2.21. The summed E-state index contributed by atoms with van der Waals surface area (Å²) in [7, 11) is 0. The van der Waals surface area contributed by atoms with E-state index in [0.29, 0.717) is 6.04 Å². The van der Waals surface area contributed by atoms with E-state index >= 15 is 0 Å². The summed E-state index contributed by atoms with van der Waals surface area (Å²) in [5.74, 6) is 0.0821. The summed E-state index contributed by atoms with van der Waals surface area (Å²) in [6, 6.07) is 6.40. The third-order valence-corrected chi connectivity index (χ3v) is 4.56. The molecule has 4 nitrogen and oxygen atoms in total. The fraction of sp³-hybridized carbons (Fsp3) is 0.588. The number of carbonyl (C=O) groups excluding carboxylic acids is 1. The van der Waals surface area contributed by atoms with Gasteiger partial charge in [0.05, 0.1) is 0 Å². The number of hydrogen-bond acceptors (Lipinski definition) is 3. The van der Waals surface area contributed by atoms with Crippen molar-refractivity contribution < 1.29 is 4.79 Å². The number of amides is 1. The van der Waals surface area contributed by atoms with Gasteiger partial charge in [0, 0.05) is 37.8 Å². The van der Waals surface area contributed by atoms with Crippen molar-refractivity contribution in [3.8, 4) is 0 Å². The Morgan fingerprint density at radius 1 is 1.29 bits per heavy atom. The third kappa shape index (κ3) is 3.44. The predicted molar refractivity (Wildman–Crippen MR) is 84.2 cm³/mol. The van der Waals surface area contributed by atoms with Crippen molar-refractivity contribution in [2.24, 2.45) is 0 Å². The zero-order valence-electron chi connectivity index (χ0n) is 12.8. The van der Waals surface area contributed by atoms with Crippen LogP contribution >= 0.6 is 0 Å². The number of piperidine rings is 1. The van der Waals surface area contributed by atoms with E-state index < -0.39 is 0 Å². The smallest absolute Gasteiger partial charge is 0.251 e. The largest absolute Gasteiger partial charge is 0.349 e. The van der Waals surface area contributed by atoms with E-state index in [9.17, 15) is 4.79 Å². The molecule has 1 fully saturated rings. The zero-order valence-corrected chi connectivity index (χ0v) is 12.8. The number of carbonyl (C=O) groups is 1. The fourth-order valence-electron chi connectivity index (χ4n) is 3.32. The van der Waals surface area contributed by atoms with E-state index in [0.717, 1.165) is 44.6 Å². The molecule has 0 aromatic heterocycles. The van der Waals surface area contributed by atoms with E-state index in [-0.39, 0.29) is 5.91 Å². The molecule has 0 saturated carbocycles. The molecule has 0 bridgehead atoms. The van der Waals surface area contributed by atoms with Gasteiger partial charge in [-0.15, -0.1) is 0 Å². The van der Waals surface area contributed by atoms with Crippen LogP contribution in [0.1, 0.15) is 47.7 Å². The van der Waals surface area contributed by atoms with Gasteiger partial charge in [-0.3, -0.25) is 4.79 Å². The van der Waals surface area contributed by atoms with Gasteiger partial charge in [-0.05, 0) is 49.1 Å². The van der Waals surface area contributed by atoms with Crippen LogP contribution in [0.4, 0.5) is 0 Å². The molecule has 114 valence electrons. The number of fused-ring (bicyclic) bond motifs is 1. The zero-order chi connectivity index (χ0) is 14.7. The van der Waals surface area contributed by atoms with Gasteiger partial charge < -0.3 is 15.5 Å². The van der Waals surface area contributed by atoms with Crippen molar-refractivity contribution >= 4 is 5.91 Å². The number of nitrogens with one attached hydrogen (secondary N) is 2. The van der Waals surface area contributed by atoms with Gasteiger partial charge in [-0.25, -0.2) is 0 Å². The quantitative estimate of drug-likeness (QED) is 0.889. The number of likely N-dealkylation sites (tertiary alicyclic amines) is 1. The topological polar surface area (TPSA) is 44.4 Å². The molecule has 4 heteroatoms. The molecule has 1 aromatic carbocycles. The first kappa shape index (κ1) is 14.5. The monoisotopic (exact) mass is 287 g/mol. The Bertz CT molecular complexity index is 507. The average molecular weight is 287 g/mol. The highest BCUT2D eigenvalue weighted by molar-refractivity contribution is 5.94. The van der Waals surface area contributed by atoms with Crippen LogP contribution in [0.5, 0.6) is 0 Å². The Kier molecular flexibility index (Phi) is 4.56. The summed E-state index contributed by atoms with van der Waals surface area (Å²) in [6.07, 6.45) is 3.34. The van der Waals surface area contributed by atoms with Gasteiger partial charge in [0.1, 0.15) is 0 Å². The maximum absolute atomic E-state index is 12.4. The lowest BCUT2D eigenvalue weighted by Crippen LogP contribution is -2.44. The molecule has 0 aliphatic carbocycles. The first-order valence-corrected chi connectivity index (χ1v) is 8.12. The Labute approximate surface area is 126 Å². The van der Waals surface area contributed by atoms with Crippen LogP contribution in [-0.4, -0.2) is 36.5 Å². The molecule has 1 saturated heterocycles. The minimum atomic E-state index is 0.0821. The van der Waals surface area contributed by atoms with E-state index in [4.69, 9.17) is 0 Å². The molecule has 1 amide bonds. The molecule has 2 N–H and O–H groups in total. The van der Waals surface area contributed by atoms with Gasteiger partial charge in [0.2, 0.25) is 0 Å². The van der Waals surface area contributed by atoms with E-state index in [1.165, 1.54) is 24.1 Å². The third-order valence-electron chi connectivity index (χ3n) is 4.56. The number of hydrogen-bond donors (Lipinski definition) is 2. The number of benzene rings is 1. The fourth-order valence-corrected chi connectivity index (χ4v) is 3.32. The molecule has 0 unspecified atom stereocenters. The standard InChI is InChI=1S/C17H25N3O/c1-2-7-20-8-5-16(6-9-20)19-17(21)13-3-4-14-11-18-12-15(14)10-13/h3-4,10,16,18H,2,5-9,11-12H2,1H3,(H,19,21). The van der Waals surface area contributed by atoms with Crippen LogP contribution in [0.15, 0.2) is 18.2 Å². The Hall–Kier alpha value is -1.39. The lowest BCUT2D eigenvalue weighted by atomic mass is 10.0. The average Bonchev–Trinajstić information content (AvgIpc) is 2.97. The highest BCUT2D eigenvalue weighted by atomic mass is 16.1. The minimum absolute atomic E-state index is 0.0821. The van der Waals surface area contributed by atoms with Crippen molar-refractivity contribution in [2.75, 3.05) is 19.6 Å². The molecule has 21 heavy (non-hydrogen) atoms. The molecular weight excluding hydrogens is 262 g/mol. The van der Waals surface area contributed by atoms with Crippen LogP contribution < -0.4 is 10.6 Å². The Morgan fingerprint density at radius 3 is 2.81 bits per heavy atom. The molecule has 2 heterocycles. The van der Waals surface area contributed by atoms with Crippen molar-refractivity contribution in [2.45, 2.75) is 45.3 Å². The normalized spacial score (nSPS) is 19.5. The lowest BCUT2D eigenvalue weighted by Gasteiger charge is -2.32. The lowest BCUT2D eigenvalue weighted by molar-refractivity contribution is 0.0911. The van der Waals surface area contributed by atoms with Gasteiger partial charge in [0.15, 0.2) is 0 Å². The van der Waals surface area contributed by atoms with Gasteiger partial charge in [-0.2, -0.15) is 0 Å². The van der Waals surface area contributed by atoms with Crippen molar-refractivity contribution in [1.82, 2.24) is 15.5 Å². The molecule has 0 atom stereocenters. The second-order valence-electron chi connectivity index (χ2n) is 6.18. The molecule has 0 radical (unpaired) electrons. The first-order valence-electron chi connectivity index (χ1n) is 8.12. The summed E-state index contributed by atoms with van der Waals surface area (Å²) in [5, 5.41) is 6.52. The van der Waals surface area contributed by atoms with E-state index in [1.807, 2.05) is 12.1 Å². The van der Waals surface area contributed by atoms with Crippen LogP contribution in [0.25, 0.3) is 0 Å². The summed E-state index contributed by atoms with van der Waals surface area (Å²) in [4.78, 5) is 14.9. The van der Waals surface area contributed by atoms with Crippen LogP contribution in [0, 0.1) is 0 Å². The summed E-state index contributed by atoms with van der Waals surface area (Å²) >= 11 is 0. The highest BCUT2D eigenvalue weighted by Crippen LogP contribution is 2.18. The second kappa shape index (κ2) is 6.58. The van der Waals surface area contributed by atoms with Gasteiger partial charge >= 0.3 is 0 Å². The number of rotatable bonds is 4.